The Morgan fingerprint density at radius 2 is 1.69 bits per heavy atom. The third-order valence-corrected chi connectivity index (χ3v) is 6.03. The van der Waals surface area contributed by atoms with Crippen LogP contribution in [0.3, 0.4) is 0 Å². The molecule has 0 spiro atoms. The summed E-state index contributed by atoms with van der Waals surface area (Å²) in [6.07, 6.45) is 8.82. The van der Waals surface area contributed by atoms with Crippen molar-refractivity contribution in [2.45, 2.75) is 37.8 Å². The second kappa shape index (κ2) is 10.5. The summed E-state index contributed by atoms with van der Waals surface area (Å²) in [6, 6.07) is 17.2. The number of para-hydroxylation sites is 2. The molecule has 4 rings (SSSR count). The maximum absolute atomic E-state index is 5.41. The van der Waals surface area contributed by atoms with Crippen LogP contribution in [0.5, 0.6) is 5.75 Å². The number of aromatic nitrogens is 2. The van der Waals surface area contributed by atoms with Gasteiger partial charge < -0.3 is 20.3 Å². The zero-order chi connectivity index (χ0) is 22.3. The van der Waals surface area contributed by atoms with Crippen LogP contribution in [0.25, 0.3) is 17.0 Å². The van der Waals surface area contributed by atoms with E-state index in [4.69, 9.17) is 14.7 Å². The van der Waals surface area contributed by atoms with Gasteiger partial charge in [-0.3, -0.25) is 0 Å². The minimum Gasteiger partial charge on any atom is -0.496 e. The third kappa shape index (κ3) is 5.37. The van der Waals surface area contributed by atoms with E-state index in [1.54, 1.807) is 7.11 Å². The van der Waals surface area contributed by atoms with E-state index in [1.165, 1.54) is 0 Å². The van der Waals surface area contributed by atoms with Crippen molar-refractivity contribution in [3.8, 4) is 5.75 Å². The van der Waals surface area contributed by atoms with E-state index in [1.807, 2.05) is 44.4 Å². The minimum atomic E-state index is 0.411. The van der Waals surface area contributed by atoms with Gasteiger partial charge in [0, 0.05) is 43.7 Å². The maximum atomic E-state index is 5.41. The van der Waals surface area contributed by atoms with Crippen LogP contribution in [-0.4, -0.2) is 49.8 Å². The predicted molar refractivity (Wildman–Crippen MR) is 134 cm³/mol. The quantitative estimate of drug-likeness (QED) is 0.538. The molecule has 0 bridgehead atoms. The fraction of sp³-hybridized carbons (Fsp3) is 0.385. The molecule has 2 aromatic carbocycles. The van der Waals surface area contributed by atoms with Crippen molar-refractivity contribution >= 4 is 28.7 Å². The number of ether oxygens (including phenoxy) is 1. The van der Waals surface area contributed by atoms with Gasteiger partial charge in [0.05, 0.1) is 12.6 Å². The molecule has 0 aliphatic heterocycles. The number of nitrogens with one attached hydrogen (secondary N) is 2. The molecule has 1 aliphatic rings. The number of benzene rings is 2. The van der Waals surface area contributed by atoms with E-state index in [2.05, 4.69) is 45.9 Å². The van der Waals surface area contributed by atoms with E-state index in [-0.39, 0.29) is 0 Å². The van der Waals surface area contributed by atoms with Crippen LogP contribution in [0.4, 0.5) is 11.8 Å². The SMILES string of the molecule is COc1ccccc1/C=C/CNC1CCC(Nc2nc(N(C)C)c3ccccc3n2)CC1. The van der Waals surface area contributed by atoms with E-state index in [9.17, 15) is 0 Å². The van der Waals surface area contributed by atoms with Crippen LogP contribution in [0, 0.1) is 0 Å². The summed E-state index contributed by atoms with van der Waals surface area (Å²) in [6.45, 7) is 0.862. The first kappa shape index (κ1) is 22.1. The lowest BCUT2D eigenvalue weighted by molar-refractivity contribution is 0.363. The molecule has 2 N–H and O–H groups in total. The number of fused-ring (bicyclic) bond motifs is 1. The predicted octanol–water partition coefficient (Wildman–Crippen LogP) is 4.73. The number of hydrogen-bond acceptors (Lipinski definition) is 6. The smallest absolute Gasteiger partial charge is 0.225 e. The van der Waals surface area contributed by atoms with Gasteiger partial charge in [-0.25, -0.2) is 4.98 Å². The summed E-state index contributed by atoms with van der Waals surface area (Å²) < 4.78 is 5.41. The van der Waals surface area contributed by atoms with Gasteiger partial charge in [0.2, 0.25) is 5.95 Å². The largest absolute Gasteiger partial charge is 0.496 e. The number of hydrogen-bond donors (Lipinski definition) is 2. The van der Waals surface area contributed by atoms with Crippen molar-refractivity contribution in [2.24, 2.45) is 0 Å². The highest BCUT2D eigenvalue weighted by Crippen LogP contribution is 2.26. The third-order valence-electron chi connectivity index (χ3n) is 6.03. The average Bonchev–Trinajstić information content (AvgIpc) is 2.82. The van der Waals surface area contributed by atoms with Gasteiger partial charge in [0.15, 0.2) is 0 Å². The number of methoxy groups -OCH3 is 1. The first-order valence-electron chi connectivity index (χ1n) is 11.4. The topological polar surface area (TPSA) is 62.3 Å². The Hall–Kier alpha value is -3.12. The van der Waals surface area contributed by atoms with E-state index in [0.29, 0.717) is 12.1 Å². The lowest BCUT2D eigenvalue weighted by atomic mass is 9.91. The van der Waals surface area contributed by atoms with Crippen LogP contribution in [0.1, 0.15) is 31.2 Å². The molecule has 0 amide bonds. The molecule has 1 fully saturated rings. The second-order valence-electron chi connectivity index (χ2n) is 8.53. The Labute approximate surface area is 190 Å². The number of anilines is 2. The highest BCUT2D eigenvalue weighted by molar-refractivity contribution is 5.90. The lowest BCUT2D eigenvalue weighted by Gasteiger charge is -2.29. The molecule has 1 saturated carbocycles. The fourth-order valence-electron chi connectivity index (χ4n) is 4.31. The van der Waals surface area contributed by atoms with E-state index < -0.39 is 0 Å². The number of nitrogens with zero attached hydrogens (tertiary/aromatic N) is 3. The number of rotatable bonds is 8. The monoisotopic (exact) mass is 431 g/mol. The Kier molecular flexibility index (Phi) is 7.22. The second-order valence-corrected chi connectivity index (χ2v) is 8.53. The van der Waals surface area contributed by atoms with Gasteiger partial charge in [0.25, 0.3) is 0 Å². The highest BCUT2D eigenvalue weighted by atomic mass is 16.5. The summed E-state index contributed by atoms with van der Waals surface area (Å²) in [4.78, 5) is 11.6. The van der Waals surface area contributed by atoms with Crippen LogP contribution >= 0.6 is 0 Å². The summed E-state index contributed by atoms with van der Waals surface area (Å²) in [5, 5.41) is 8.34. The summed E-state index contributed by atoms with van der Waals surface area (Å²) in [5.74, 6) is 2.59. The highest BCUT2D eigenvalue weighted by Gasteiger charge is 2.21. The molecule has 0 saturated heterocycles. The van der Waals surface area contributed by atoms with Crippen molar-refractivity contribution in [1.29, 1.82) is 0 Å². The van der Waals surface area contributed by atoms with Gasteiger partial charge in [-0.15, -0.1) is 0 Å². The molecule has 0 radical (unpaired) electrons. The molecule has 1 aliphatic carbocycles. The molecule has 168 valence electrons. The first-order chi connectivity index (χ1) is 15.6. The fourth-order valence-corrected chi connectivity index (χ4v) is 4.31. The molecule has 0 atom stereocenters. The zero-order valence-corrected chi connectivity index (χ0v) is 19.2. The standard InChI is InChI=1S/C26H33N5O/c1-31(2)25-22-11-5-6-12-23(22)29-26(30-25)28-21-16-14-20(15-17-21)27-18-8-10-19-9-4-7-13-24(19)32-3/h4-13,20-21,27H,14-18H2,1-3H3,(H,28,29,30)/b10-8+. The molecule has 1 aromatic heterocycles. The maximum Gasteiger partial charge on any atom is 0.225 e. The van der Waals surface area contributed by atoms with Gasteiger partial charge >= 0.3 is 0 Å². The van der Waals surface area contributed by atoms with Crippen molar-refractivity contribution in [2.75, 3.05) is 38.0 Å². The zero-order valence-electron chi connectivity index (χ0n) is 19.2. The molecule has 1 heterocycles. The Morgan fingerprint density at radius 1 is 0.969 bits per heavy atom. The van der Waals surface area contributed by atoms with Crippen LogP contribution in [0.15, 0.2) is 54.6 Å². The van der Waals surface area contributed by atoms with Gasteiger partial charge in [-0.2, -0.15) is 4.98 Å². The van der Waals surface area contributed by atoms with Gasteiger partial charge in [-0.05, 0) is 43.9 Å². The normalized spacial score (nSPS) is 18.7. The summed E-state index contributed by atoms with van der Waals surface area (Å²) in [7, 11) is 5.76. The molecule has 0 unspecified atom stereocenters. The first-order valence-corrected chi connectivity index (χ1v) is 11.4. The molecular formula is C26H33N5O. The van der Waals surface area contributed by atoms with Crippen LogP contribution in [-0.2, 0) is 0 Å². The Morgan fingerprint density at radius 3 is 2.47 bits per heavy atom. The Bertz CT molecular complexity index is 1060. The van der Waals surface area contributed by atoms with Crippen LogP contribution < -0.4 is 20.3 Å². The molecule has 3 aromatic rings. The minimum absolute atomic E-state index is 0.411. The molecule has 6 nitrogen and oxygen atoms in total. The van der Waals surface area contributed by atoms with E-state index >= 15 is 0 Å². The van der Waals surface area contributed by atoms with Crippen molar-refractivity contribution in [1.82, 2.24) is 15.3 Å². The average molecular weight is 432 g/mol. The summed E-state index contributed by atoms with van der Waals surface area (Å²) >= 11 is 0. The summed E-state index contributed by atoms with van der Waals surface area (Å²) in [5.41, 5.74) is 2.09. The lowest BCUT2D eigenvalue weighted by Crippen LogP contribution is -2.37. The molecule has 6 heteroatoms. The Balaban J connectivity index is 1.28. The van der Waals surface area contributed by atoms with Crippen molar-refractivity contribution < 1.29 is 4.74 Å². The van der Waals surface area contributed by atoms with Crippen molar-refractivity contribution in [3.05, 3.63) is 60.2 Å². The van der Waals surface area contributed by atoms with Gasteiger partial charge in [0.1, 0.15) is 11.6 Å². The van der Waals surface area contributed by atoms with Crippen molar-refractivity contribution in [3.63, 3.8) is 0 Å². The van der Waals surface area contributed by atoms with Crippen LogP contribution in [0.2, 0.25) is 0 Å². The molecule has 32 heavy (non-hydrogen) atoms. The van der Waals surface area contributed by atoms with E-state index in [0.717, 1.165) is 66.2 Å². The van der Waals surface area contributed by atoms with Gasteiger partial charge in [-0.1, -0.05) is 42.5 Å². The molecular weight excluding hydrogens is 398 g/mol.